The van der Waals surface area contributed by atoms with Crippen LogP contribution in [-0.4, -0.2) is 19.9 Å². The predicted molar refractivity (Wildman–Crippen MR) is 83.4 cm³/mol. The van der Waals surface area contributed by atoms with Gasteiger partial charge >= 0.3 is 0 Å². The third-order valence-corrected chi connectivity index (χ3v) is 4.72. The van der Waals surface area contributed by atoms with Crippen LogP contribution < -0.4 is 4.83 Å². The Morgan fingerprint density at radius 1 is 1.00 bits per heavy atom. The van der Waals surface area contributed by atoms with Crippen molar-refractivity contribution < 1.29 is 13.2 Å². The number of carbonyl (C=O) groups is 1. The molecule has 0 fully saturated rings. The number of nitrogens with zero attached hydrogens (tertiary/aromatic N) is 1. The Kier molecular flexibility index (Phi) is 3.54. The van der Waals surface area contributed by atoms with Crippen molar-refractivity contribution in [3.63, 3.8) is 0 Å². The van der Waals surface area contributed by atoms with Gasteiger partial charge in [-0.2, -0.15) is 18.4 Å². The van der Waals surface area contributed by atoms with Crippen molar-refractivity contribution in [2.75, 3.05) is 0 Å². The molecule has 0 radical (unpaired) electrons. The molecule has 0 saturated heterocycles. The summed E-state index contributed by atoms with van der Waals surface area (Å²) in [6, 6.07) is 13.5. The van der Waals surface area contributed by atoms with Gasteiger partial charge < -0.3 is 0 Å². The third kappa shape index (κ3) is 2.65. The highest BCUT2D eigenvalue weighted by atomic mass is 32.2. The maximum Gasteiger partial charge on any atom is 0.276 e. The SMILES string of the molecule is Cc1ccc(S(=O)(=O)NN=C2CC(=O)c3ccccc32)cc1. The average Bonchev–Trinajstić information content (AvgIpc) is 2.83. The summed E-state index contributed by atoms with van der Waals surface area (Å²) in [6.45, 7) is 1.88. The van der Waals surface area contributed by atoms with Gasteiger partial charge in [0.15, 0.2) is 5.78 Å². The van der Waals surface area contributed by atoms with Gasteiger partial charge in [0.25, 0.3) is 10.0 Å². The number of nitrogens with one attached hydrogen (secondary N) is 1. The van der Waals surface area contributed by atoms with E-state index in [0.29, 0.717) is 16.8 Å². The van der Waals surface area contributed by atoms with E-state index < -0.39 is 10.0 Å². The minimum absolute atomic E-state index is 0.0520. The number of carbonyl (C=O) groups excluding carboxylic acids is 1. The maximum absolute atomic E-state index is 12.2. The number of fused-ring (bicyclic) bond motifs is 1. The standard InChI is InChI=1S/C16H14N2O3S/c1-11-6-8-12(9-7-11)22(20,21)18-17-15-10-16(19)14-5-3-2-4-13(14)15/h2-9,18H,10H2,1H3. The van der Waals surface area contributed by atoms with Crippen molar-refractivity contribution in [2.45, 2.75) is 18.2 Å². The highest BCUT2D eigenvalue weighted by Gasteiger charge is 2.25. The third-order valence-electron chi connectivity index (χ3n) is 3.50. The van der Waals surface area contributed by atoms with Crippen LogP contribution in [-0.2, 0) is 10.0 Å². The molecule has 1 aliphatic carbocycles. The van der Waals surface area contributed by atoms with Gasteiger partial charge in [-0.25, -0.2) is 0 Å². The smallest absolute Gasteiger partial charge is 0.276 e. The number of hydrogen-bond acceptors (Lipinski definition) is 4. The summed E-state index contributed by atoms with van der Waals surface area (Å²) in [7, 11) is -3.73. The van der Waals surface area contributed by atoms with Crippen LogP contribution in [0.4, 0.5) is 0 Å². The number of hydrazone groups is 1. The van der Waals surface area contributed by atoms with Crippen LogP contribution in [0.1, 0.15) is 27.9 Å². The summed E-state index contributed by atoms with van der Waals surface area (Å²) < 4.78 is 24.4. The number of hydrogen-bond donors (Lipinski definition) is 1. The molecule has 0 aromatic heterocycles. The second kappa shape index (κ2) is 5.38. The van der Waals surface area contributed by atoms with Crippen LogP contribution >= 0.6 is 0 Å². The van der Waals surface area contributed by atoms with Gasteiger partial charge in [-0.3, -0.25) is 4.79 Å². The van der Waals surface area contributed by atoms with Crippen LogP contribution in [0.2, 0.25) is 0 Å². The summed E-state index contributed by atoms with van der Waals surface area (Å²) in [5.74, 6) is -0.0520. The van der Waals surface area contributed by atoms with Crippen LogP contribution in [0.25, 0.3) is 0 Å². The lowest BCUT2D eigenvalue weighted by Crippen LogP contribution is -2.20. The largest absolute Gasteiger partial charge is 0.294 e. The molecule has 3 rings (SSSR count). The molecule has 0 amide bonds. The van der Waals surface area contributed by atoms with Crippen molar-refractivity contribution in [2.24, 2.45) is 5.10 Å². The Bertz CT molecular complexity index is 869. The zero-order valence-corrected chi connectivity index (χ0v) is 12.7. The molecule has 0 spiro atoms. The number of benzene rings is 2. The van der Waals surface area contributed by atoms with E-state index >= 15 is 0 Å². The van der Waals surface area contributed by atoms with Gasteiger partial charge in [-0.1, -0.05) is 42.0 Å². The molecule has 1 aliphatic rings. The first-order valence-corrected chi connectivity index (χ1v) is 8.23. The molecule has 112 valence electrons. The molecule has 2 aromatic carbocycles. The lowest BCUT2D eigenvalue weighted by atomic mass is 10.1. The molecular formula is C16H14N2O3S. The molecule has 0 aliphatic heterocycles. The molecule has 2 aromatic rings. The fraction of sp³-hybridized carbons (Fsp3) is 0.125. The quantitative estimate of drug-likeness (QED) is 0.883. The molecule has 0 saturated carbocycles. The van der Waals surface area contributed by atoms with E-state index in [4.69, 9.17) is 0 Å². The van der Waals surface area contributed by atoms with E-state index in [-0.39, 0.29) is 17.1 Å². The van der Waals surface area contributed by atoms with Crippen LogP contribution in [0.3, 0.4) is 0 Å². The van der Waals surface area contributed by atoms with Gasteiger partial charge in [0.2, 0.25) is 0 Å². The van der Waals surface area contributed by atoms with E-state index in [2.05, 4.69) is 9.93 Å². The first kappa shape index (κ1) is 14.5. The number of sulfonamides is 1. The van der Waals surface area contributed by atoms with Crippen LogP contribution in [0.15, 0.2) is 58.5 Å². The van der Waals surface area contributed by atoms with Crippen molar-refractivity contribution >= 4 is 21.5 Å². The maximum atomic E-state index is 12.2. The van der Waals surface area contributed by atoms with Crippen molar-refractivity contribution in [1.82, 2.24) is 4.83 Å². The topological polar surface area (TPSA) is 75.6 Å². The Balaban J connectivity index is 1.89. The summed E-state index contributed by atoms with van der Waals surface area (Å²) in [4.78, 5) is 14.2. The Morgan fingerprint density at radius 2 is 1.64 bits per heavy atom. The van der Waals surface area contributed by atoms with E-state index in [9.17, 15) is 13.2 Å². The minimum Gasteiger partial charge on any atom is -0.294 e. The average molecular weight is 314 g/mol. The number of ketones is 1. The number of rotatable bonds is 3. The van der Waals surface area contributed by atoms with E-state index in [1.807, 2.05) is 6.92 Å². The summed E-state index contributed by atoms with van der Waals surface area (Å²) >= 11 is 0. The van der Waals surface area contributed by atoms with E-state index in [0.717, 1.165) is 5.56 Å². The lowest BCUT2D eigenvalue weighted by Gasteiger charge is -2.05. The van der Waals surface area contributed by atoms with Crippen LogP contribution in [0, 0.1) is 6.92 Å². The van der Waals surface area contributed by atoms with Crippen LogP contribution in [0.5, 0.6) is 0 Å². The molecule has 1 N–H and O–H groups in total. The number of aryl methyl sites for hydroxylation is 1. The second-order valence-electron chi connectivity index (χ2n) is 5.11. The molecule has 22 heavy (non-hydrogen) atoms. The summed E-state index contributed by atoms with van der Waals surface area (Å²) in [6.07, 6.45) is 0.107. The zero-order valence-electron chi connectivity index (χ0n) is 11.9. The normalized spacial score (nSPS) is 15.9. The fourth-order valence-electron chi connectivity index (χ4n) is 2.31. The minimum atomic E-state index is -3.73. The molecule has 5 nitrogen and oxygen atoms in total. The molecule has 0 atom stereocenters. The van der Waals surface area contributed by atoms with Gasteiger partial charge in [0, 0.05) is 11.1 Å². The van der Waals surface area contributed by atoms with Crippen molar-refractivity contribution in [3.05, 3.63) is 65.2 Å². The summed E-state index contributed by atoms with van der Waals surface area (Å²) in [5, 5.41) is 3.94. The highest BCUT2D eigenvalue weighted by Crippen LogP contribution is 2.22. The molecular weight excluding hydrogens is 300 g/mol. The Labute approximate surface area is 128 Å². The van der Waals surface area contributed by atoms with E-state index in [1.165, 1.54) is 12.1 Å². The van der Waals surface area contributed by atoms with Gasteiger partial charge in [-0.05, 0) is 19.1 Å². The summed E-state index contributed by atoms with van der Waals surface area (Å²) in [5.41, 5.74) is 2.67. The first-order valence-electron chi connectivity index (χ1n) is 6.75. The monoisotopic (exact) mass is 314 g/mol. The highest BCUT2D eigenvalue weighted by molar-refractivity contribution is 7.89. The first-order chi connectivity index (χ1) is 10.5. The van der Waals surface area contributed by atoms with E-state index in [1.54, 1.807) is 36.4 Å². The molecule has 6 heteroatoms. The Morgan fingerprint density at radius 3 is 2.32 bits per heavy atom. The fourth-order valence-corrected chi connectivity index (χ4v) is 3.14. The van der Waals surface area contributed by atoms with Gasteiger partial charge in [-0.15, -0.1) is 0 Å². The second-order valence-corrected chi connectivity index (χ2v) is 6.77. The number of Topliss-reactive ketones (excluding diaryl/α,β-unsaturated/α-hetero) is 1. The molecule has 0 heterocycles. The van der Waals surface area contributed by atoms with Crippen molar-refractivity contribution in [1.29, 1.82) is 0 Å². The van der Waals surface area contributed by atoms with Crippen molar-refractivity contribution in [3.8, 4) is 0 Å². The molecule has 0 unspecified atom stereocenters. The Hall–Kier alpha value is -2.47. The molecule has 0 bridgehead atoms. The zero-order chi connectivity index (χ0) is 15.7. The van der Waals surface area contributed by atoms with Gasteiger partial charge in [0.05, 0.1) is 17.0 Å². The lowest BCUT2D eigenvalue weighted by molar-refractivity contribution is 0.101. The predicted octanol–water partition coefficient (Wildman–Crippen LogP) is 2.26. The van der Waals surface area contributed by atoms with Gasteiger partial charge in [0.1, 0.15) is 0 Å².